The van der Waals surface area contributed by atoms with Crippen LogP contribution < -0.4 is 0 Å². The minimum Gasteiger partial charge on any atom is -0.444 e. The quantitative estimate of drug-likeness (QED) is 0.362. The molecular formula is C25H30N4O6S. The van der Waals surface area contributed by atoms with Crippen LogP contribution in [0.1, 0.15) is 50.8 Å². The van der Waals surface area contributed by atoms with Crippen LogP contribution in [-0.4, -0.2) is 58.8 Å². The van der Waals surface area contributed by atoms with Crippen molar-refractivity contribution in [2.24, 2.45) is 0 Å². The number of amides is 1. The fourth-order valence-corrected chi connectivity index (χ4v) is 5.12. The molecule has 1 saturated heterocycles. The molecular weight excluding hydrogens is 484 g/mol. The summed E-state index contributed by atoms with van der Waals surface area (Å²) in [4.78, 5) is 29.7. The van der Waals surface area contributed by atoms with E-state index in [2.05, 4.69) is 4.98 Å². The summed E-state index contributed by atoms with van der Waals surface area (Å²) >= 11 is 0. The van der Waals surface area contributed by atoms with Crippen LogP contribution in [0.15, 0.2) is 47.6 Å². The van der Waals surface area contributed by atoms with Crippen molar-refractivity contribution in [1.82, 2.24) is 14.5 Å². The molecule has 3 aromatic rings. The first kappa shape index (κ1) is 25.6. The molecule has 0 aliphatic carbocycles. The number of carbonyl (C=O) groups excluding carboxylic acids is 1. The molecule has 11 heteroatoms. The molecule has 0 spiro atoms. The number of nitro groups is 1. The highest BCUT2D eigenvalue weighted by atomic mass is 32.2. The van der Waals surface area contributed by atoms with Crippen molar-refractivity contribution in [1.29, 1.82) is 0 Å². The molecule has 1 fully saturated rings. The highest BCUT2D eigenvalue weighted by Crippen LogP contribution is 2.32. The van der Waals surface area contributed by atoms with E-state index in [1.54, 1.807) is 21.7 Å². The second kappa shape index (κ2) is 9.53. The number of fused-ring (bicyclic) bond motifs is 1. The summed E-state index contributed by atoms with van der Waals surface area (Å²) in [6, 6.07) is 8.14. The van der Waals surface area contributed by atoms with Gasteiger partial charge in [0.1, 0.15) is 11.1 Å². The van der Waals surface area contributed by atoms with E-state index in [-0.39, 0.29) is 22.6 Å². The van der Waals surface area contributed by atoms with Crippen LogP contribution in [0.5, 0.6) is 0 Å². The number of piperidine rings is 1. The molecule has 192 valence electrons. The number of benzene rings is 1. The SMILES string of the molecule is CC(C)(C)OC(=O)N1CCC(c2ccc(Cn3ccc4cc(S(C)(=O)=O)cc([N+](=O)[O-])c43)nc2)CC1. The van der Waals surface area contributed by atoms with E-state index < -0.39 is 20.4 Å². The number of nitrogens with zero attached hydrogens (tertiary/aromatic N) is 4. The summed E-state index contributed by atoms with van der Waals surface area (Å²) in [5, 5.41) is 12.2. The third-order valence-corrected chi connectivity index (χ3v) is 7.33. The molecule has 36 heavy (non-hydrogen) atoms. The number of rotatable bonds is 5. The lowest BCUT2D eigenvalue weighted by atomic mass is 9.90. The van der Waals surface area contributed by atoms with E-state index in [0.717, 1.165) is 36.4 Å². The van der Waals surface area contributed by atoms with Crippen molar-refractivity contribution < 1.29 is 22.9 Å². The summed E-state index contributed by atoms with van der Waals surface area (Å²) in [5.74, 6) is 0.285. The van der Waals surface area contributed by atoms with Crippen molar-refractivity contribution in [3.05, 3.63) is 64.1 Å². The molecule has 0 atom stereocenters. The summed E-state index contributed by atoms with van der Waals surface area (Å²) in [6.45, 7) is 7.11. The molecule has 1 amide bonds. The minimum absolute atomic E-state index is 0.0837. The summed E-state index contributed by atoms with van der Waals surface area (Å²) in [6.07, 6.45) is 5.90. The van der Waals surface area contributed by atoms with Crippen molar-refractivity contribution in [2.75, 3.05) is 19.3 Å². The minimum atomic E-state index is -3.59. The monoisotopic (exact) mass is 514 g/mol. The van der Waals surface area contributed by atoms with Gasteiger partial charge in [-0.2, -0.15) is 0 Å². The van der Waals surface area contributed by atoms with Gasteiger partial charge in [-0.3, -0.25) is 15.1 Å². The summed E-state index contributed by atoms with van der Waals surface area (Å²) < 4.78 is 31.1. The zero-order chi connectivity index (χ0) is 26.3. The van der Waals surface area contributed by atoms with Crippen LogP contribution in [0.3, 0.4) is 0 Å². The van der Waals surface area contributed by atoms with E-state index in [4.69, 9.17) is 4.74 Å². The number of nitro benzene ring substituents is 1. The Hall–Kier alpha value is -3.47. The lowest BCUT2D eigenvalue weighted by molar-refractivity contribution is -0.383. The normalized spacial score (nSPS) is 15.3. The number of non-ortho nitro benzene ring substituents is 1. The molecule has 0 unspecified atom stereocenters. The average molecular weight is 515 g/mol. The van der Waals surface area contributed by atoms with Gasteiger partial charge in [-0.15, -0.1) is 0 Å². The molecule has 1 aliphatic rings. The van der Waals surface area contributed by atoms with Gasteiger partial charge in [-0.05, 0) is 63.3 Å². The molecule has 0 N–H and O–H groups in total. The number of ether oxygens (including phenoxy) is 1. The first-order chi connectivity index (χ1) is 16.8. The van der Waals surface area contributed by atoms with Gasteiger partial charge in [0.2, 0.25) is 0 Å². The third kappa shape index (κ3) is 5.67. The van der Waals surface area contributed by atoms with Crippen LogP contribution in [0.2, 0.25) is 0 Å². The fourth-order valence-electron chi connectivity index (χ4n) is 4.45. The first-order valence-corrected chi connectivity index (χ1v) is 13.6. The molecule has 0 radical (unpaired) electrons. The average Bonchev–Trinajstić information content (AvgIpc) is 3.20. The topological polar surface area (TPSA) is 125 Å². The fraction of sp³-hybridized carbons (Fsp3) is 0.440. The van der Waals surface area contributed by atoms with Gasteiger partial charge in [0.15, 0.2) is 9.84 Å². The molecule has 10 nitrogen and oxygen atoms in total. The lowest BCUT2D eigenvalue weighted by Gasteiger charge is -2.33. The van der Waals surface area contributed by atoms with E-state index >= 15 is 0 Å². The number of carbonyl (C=O) groups is 1. The lowest BCUT2D eigenvalue weighted by Crippen LogP contribution is -2.41. The van der Waals surface area contributed by atoms with Crippen LogP contribution in [0, 0.1) is 10.1 Å². The van der Waals surface area contributed by atoms with Crippen molar-refractivity contribution in [3.8, 4) is 0 Å². The van der Waals surface area contributed by atoms with Gasteiger partial charge in [0, 0.05) is 43.2 Å². The van der Waals surface area contributed by atoms with Crippen LogP contribution >= 0.6 is 0 Å². The molecule has 0 saturated carbocycles. The molecule has 0 bridgehead atoms. The zero-order valence-corrected chi connectivity index (χ0v) is 21.6. The van der Waals surface area contributed by atoms with E-state index in [0.29, 0.717) is 30.5 Å². The van der Waals surface area contributed by atoms with Gasteiger partial charge in [0.05, 0.1) is 22.1 Å². The molecule has 1 aromatic carbocycles. The Kier molecular flexibility index (Phi) is 6.78. The van der Waals surface area contributed by atoms with Crippen LogP contribution in [0.25, 0.3) is 10.9 Å². The maximum Gasteiger partial charge on any atom is 0.410 e. The van der Waals surface area contributed by atoms with E-state index in [9.17, 15) is 23.3 Å². The van der Waals surface area contributed by atoms with Gasteiger partial charge < -0.3 is 14.2 Å². The summed E-state index contributed by atoms with van der Waals surface area (Å²) in [7, 11) is -3.59. The van der Waals surface area contributed by atoms with Crippen LogP contribution in [-0.2, 0) is 21.1 Å². The largest absolute Gasteiger partial charge is 0.444 e. The van der Waals surface area contributed by atoms with Crippen molar-refractivity contribution in [3.63, 3.8) is 0 Å². The van der Waals surface area contributed by atoms with Gasteiger partial charge in [0.25, 0.3) is 5.69 Å². The Morgan fingerprint density at radius 3 is 2.44 bits per heavy atom. The number of aromatic nitrogens is 2. The van der Waals surface area contributed by atoms with Crippen molar-refractivity contribution in [2.45, 2.75) is 56.6 Å². The molecule has 2 aromatic heterocycles. The Balaban J connectivity index is 1.48. The molecule has 4 rings (SSSR count). The predicted octanol–water partition coefficient (Wildman–Crippen LogP) is 4.51. The Bertz CT molecular complexity index is 1400. The van der Waals surface area contributed by atoms with E-state index in [1.807, 2.05) is 39.1 Å². The second-order valence-electron chi connectivity index (χ2n) is 10.2. The Morgan fingerprint density at radius 2 is 1.89 bits per heavy atom. The van der Waals surface area contributed by atoms with Gasteiger partial charge in [-0.25, -0.2) is 13.2 Å². The molecule has 1 aliphatic heterocycles. The highest BCUT2D eigenvalue weighted by Gasteiger charge is 2.28. The van der Waals surface area contributed by atoms with Gasteiger partial charge >= 0.3 is 6.09 Å². The Labute approximate surface area is 209 Å². The smallest absolute Gasteiger partial charge is 0.410 e. The first-order valence-electron chi connectivity index (χ1n) is 11.7. The number of sulfone groups is 1. The second-order valence-corrected chi connectivity index (χ2v) is 12.2. The van der Waals surface area contributed by atoms with Crippen LogP contribution in [0.4, 0.5) is 10.5 Å². The predicted molar refractivity (Wildman–Crippen MR) is 135 cm³/mol. The number of likely N-dealkylation sites (tertiary alicyclic amines) is 1. The zero-order valence-electron chi connectivity index (χ0n) is 20.8. The standard InChI is InChI=1S/C25H30N4O6S/c1-25(2,3)35-24(30)27-10-7-17(8-11-27)19-5-6-20(26-15-19)16-28-12-9-18-13-21(36(4,33)34)14-22(23(18)28)29(31)32/h5-6,9,12-15,17H,7-8,10-11,16H2,1-4H3. The maximum absolute atomic E-state index is 12.3. The maximum atomic E-state index is 12.3. The van der Waals surface area contributed by atoms with Gasteiger partial charge in [-0.1, -0.05) is 6.07 Å². The van der Waals surface area contributed by atoms with Crippen molar-refractivity contribution >= 4 is 32.5 Å². The number of hydrogen-bond donors (Lipinski definition) is 0. The highest BCUT2D eigenvalue weighted by molar-refractivity contribution is 7.90. The number of hydrogen-bond acceptors (Lipinski definition) is 7. The molecule has 3 heterocycles. The number of pyridine rings is 1. The summed E-state index contributed by atoms with van der Waals surface area (Å²) in [5.41, 5.74) is 1.39. The Morgan fingerprint density at radius 1 is 1.19 bits per heavy atom. The van der Waals surface area contributed by atoms with E-state index in [1.165, 1.54) is 6.07 Å². The third-order valence-electron chi connectivity index (χ3n) is 6.24.